The van der Waals surface area contributed by atoms with Crippen LogP contribution >= 0.6 is 11.6 Å². The van der Waals surface area contributed by atoms with Crippen molar-refractivity contribution < 1.29 is 4.74 Å². The van der Waals surface area contributed by atoms with Crippen LogP contribution in [-0.4, -0.2) is 10.7 Å². The molecular weight excluding hydrogens is 246 g/mol. The summed E-state index contributed by atoms with van der Waals surface area (Å²) < 4.78 is 7.96. The zero-order valence-electron chi connectivity index (χ0n) is 11.4. The summed E-state index contributed by atoms with van der Waals surface area (Å²) in [6.07, 6.45) is 2.42. The summed E-state index contributed by atoms with van der Waals surface area (Å²) in [6, 6.07) is 6.46. The molecule has 0 radical (unpaired) electrons. The fourth-order valence-corrected chi connectivity index (χ4v) is 2.26. The van der Waals surface area contributed by atoms with Crippen LogP contribution in [0.4, 0.5) is 0 Å². The molecule has 0 amide bonds. The van der Waals surface area contributed by atoms with Gasteiger partial charge in [0.05, 0.1) is 18.2 Å². The minimum absolute atomic E-state index is 0.245. The molecule has 3 heteroatoms. The zero-order valence-corrected chi connectivity index (χ0v) is 12.2. The van der Waals surface area contributed by atoms with E-state index in [2.05, 4.69) is 44.5 Å². The highest BCUT2D eigenvalue weighted by atomic mass is 35.5. The fourth-order valence-electron chi connectivity index (χ4n) is 2.10. The van der Waals surface area contributed by atoms with Crippen molar-refractivity contribution in [3.05, 3.63) is 35.0 Å². The van der Waals surface area contributed by atoms with Gasteiger partial charge in [-0.25, -0.2) is 0 Å². The Labute approximate surface area is 114 Å². The summed E-state index contributed by atoms with van der Waals surface area (Å²) in [5, 5.41) is 2.01. The highest BCUT2D eigenvalue weighted by Crippen LogP contribution is 2.28. The van der Waals surface area contributed by atoms with E-state index in [9.17, 15) is 0 Å². The Hall–Kier alpha value is -0.990. The molecule has 98 valence electrons. The van der Waals surface area contributed by atoms with Crippen LogP contribution in [0.3, 0.4) is 0 Å². The topological polar surface area (TPSA) is 14.2 Å². The Morgan fingerprint density at radius 1 is 1.22 bits per heavy atom. The van der Waals surface area contributed by atoms with E-state index in [0.29, 0.717) is 12.6 Å². The van der Waals surface area contributed by atoms with Gasteiger partial charge in [-0.15, -0.1) is 0 Å². The van der Waals surface area contributed by atoms with Crippen molar-refractivity contribution in [1.82, 2.24) is 4.57 Å². The summed E-state index contributed by atoms with van der Waals surface area (Å²) >= 11 is 6.09. The molecule has 0 spiro atoms. The molecular formula is C15H20ClNO. The SMILES string of the molecule is CC(C)OCc1cn(C(C)C)c2cc(Cl)ccc12. The molecule has 0 aliphatic carbocycles. The number of fused-ring (bicyclic) bond motifs is 1. The van der Waals surface area contributed by atoms with Crippen LogP contribution < -0.4 is 0 Å². The first kappa shape index (κ1) is 13.4. The van der Waals surface area contributed by atoms with Crippen molar-refractivity contribution in [2.24, 2.45) is 0 Å². The summed E-state index contributed by atoms with van der Waals surface area (Å²) in [4.78, 5) is 0. The molecule has 0 unspecified atom stereocenters. The van der Waals surface area contributed by atoms with E-state index < -0.39 is 0 Å². The van der Waals surface area contributed by atoms with Gasteiger partial charge < -0.3 is 9.30 Å². The first-order chi connectivity index (χ1) is 8.49. The van der Waals surface area contributed by atoms with Crippen LogP contribution in [0.2, 0.25) is 5.02 Å². The van der Waals surface area contributed by atoms with Gasteiger partial charge in [0.15, 0.2) is 0 Å². The standard InChI is InChI=1S/C15H20ClNO/c1-10(2)17-8-12(9-18-11(3)4)14-6-5-13(16)7-15(14)17/h5-8,10-11H,9H2,1-4H3. The lowest BCUT2D eigenvalue weighted by Crippen LogP contribution is -2.02. The summed E-state index contributed by atoms with van der Waals surface area (Å²) in [5.41, 5.74) is 2.41. The third kappa shape index (κ3) is 2.70. The van der Waals surface area contributed by atoms with Gasteiger partial charge in [-0.2, -0.15) is 0 Å². The predicted molar refractivity (Wildman–Crippen MR) is 77.3 cm³/mol. The van der Waals surface area contributed by atoms with Crippen LogP contribution in [0.25, 0.3) is 10.9 Å². The van der Waals surface area contributed by atoms with Gasteiger partial charge >= 0.3 is 0 Å². The highest BCUT2D eigenvalue weighted by Gasteiger charge is 2.11. The van der Waals surface area contributed by atoms with Gasteiger partial charge in [0.1, 0.15) is 0 Å². The number of halogens is 1. The largest absolute Gasteiger partial charge is 0.374 e. The minimum atomic E-state index is 0.245. The van der Waals surface area contributed by atoms with Gasteiger partial charge in [-0.1, -0.05) is 17.7 Å². The van der Waals surface area contributed by atoms with E-state index in [-0.39, 0.29) is 6.10 Å². The van der Waals surface area contributed by atoms with Gasteiger partial charge in [0.2, 0.25) is 0 Å². The maximum Gasteiger partial charge on any atom is 0.0741 e. The highest BCUT2D eigenvalue weighted by molar-refractivity contribution is 6.31. The molecule has 0 bridgehead atoms. The molecule has 2 nitrogen and oxygen atoms in total. The summed E-state index contributed by atoms with van der Waals surface area (Å²) in [6.45, 7) is 9.10. The average Bonchev–Trinajstić information content (AvgIpc) is 2.64. The molecule has 0 saturated carbocycles. The maximum atomic E-state index is 6.09. The zero-order chi connectivity index (χ0) is 13.3. The normalized spacial score (nSPS) is 11.9. The Morgan fingerprint density at radius 2 is 1.94 bits per heavy atom. The van der Waals surface area contributed by atoms with Gasteiger partial charge in [-0.3, -0.25) is 0 Å². The number of rotatable bonds is 4. The van der Waals surface area contributed by atoms with Crippen molar-refractivity contribution in [2.75, 3.05) is 0 Å². The van der Waals surface area contributed by atoms with Crippen molar-refractivity contribution in [2.45, 2.75) is 46.4 Å². The number of hydrogen-bond acceptors (Lipinski definition) is 1. The van der Waals surface area contributed by atoms with Crippen molar-refractivity contribution in [1.29, 1.82) is 0 Å². The first-order valence-electron chi connectivity index (χ1n) is 6.39. The molecule has 0 aliphatic rings. The van der Waals surface area contributed by atoms with Crippen LogP contribution in [0.15, 0.2) is 24.4 Å². The van der Waals surface area contributed by atoms with Gasteiger partial charge in [0, 0.05) is 28.2 Å². The van der Waals surface area contributed by atoms with E-state index in [1.807, 2.05) is 12.1 Å². The Balaban J connectivity index is 2.47. The van der Waals surface area contributed by atoms with Gasteiger partial charge in [0.25, 0.3) is 0 Å². The lowest BCUT2D eigenvalue weighted by atomic mass is 10.2. The molecule has 1 heterocycles. The molecule has 0 N–H and O–H groups in total. The summed E-state index contributed by atoms with van der Waals surface area (Å²) in [5.74, 6) is 0. The van der Waals surface area contributed by atoms with Crippen LogP contribution in [0.1, 0.15) is 39.3 Å². The third-order valence-electron chi connectivity index (χ3n) is 3.01. The lowest BCUT2D eigenvalue weighted by molar-refractivity contribution is 0.0663. The molecule has 18 heavy (non-hydrogen) atoms. The molecule has 1 aromatic heterocycles. The molecule has 1 aromatic carbocycles. The molecule has 2 rings (SSSR count). The van der Waals surface area contributed by atoms with E-state index in [0.717, 1.165) is 5.02 Å². The number of nitrogens with zero attached hydrogens (tertiary/aromatic N) is 1. The summed E-state index contributed by atoms with van der Waals surface area (Å²) in [7, 11) is 0. The second-order valence-corrected chi connectivity index (χ2v) is 5.61. The first-order valence-corrected chi connectivity index (χ1v) is 6.77. The van der Waals surface area contributed by atoms with E-state index in [4.69, 9.17) is 16.3 Å². The fraction of sp³-hybridized carbons (Fsp3) is 0.467. The van der Waals surface area contributed by atoms with Crippen LogP contribution in [0.5, 0.6) is 0 Å². The minimum Gasteiger partial charge on any atom is -0.374 e. The number of ether oxygens (including phenoxy) is 1. The maximum absolute atomic E-state index is 6.09. The van der Waals surface area contributed by atoms with Crippen molar-refractivity contribution >= 4 is 22.5 Å². The monoisotopic (exact) mass is 265 g/mol. The lowest BCUT2D eigenvalue weighted by Gasteiger charge is -2.08. The Kier molecular flexibility index (Phi) is 3.98. The molecule has 2 aromatic rings. The van der Waals surface area contributed by atoms with E-state index >= 15 is 0 Å². The van der Waals surface area contributed by atoms with Crippen molar-refractivity contribution in [3.63, 3.8) is 0 Å². The van der Waals surface area contributed by atoms with Crippen LogP contribution in [-0.2, 0) is 11.3 Å². The number of aromatic nitrogens is 1. The quantitative estimate of drug-likeness (QED) is 0.774. The number of benzene rings is 1. The number of hydrogen-bond donors (Lipinski definition) is 0. The average molecular weight is 266 g/mol. The molecule has 0 aliphatic heterocycles. The van der Waals surface area contributed by atoms with Crippen molar-refractivity contribution in [3.8, 4) is 0 Å². The van der Waals surface area contributed by atoms with E-state index in [1.54, 1.807) is 0 Å². The smallest absolute Gasteiger partial charge is 0.0741 e. The second kappa shape index (κ2) is 5.33. The van der Waals surface area contributed by atoms with E-state index in [1.165, 1.54) is 16.5 Å². The predicted octanol–water partition coefficient (Wildman–Crippen LogP) is 4.80. The van der Waals surface area contributed by atoms with Crippen LogP contribution in [0, 0.1) is 0 Å². The Bertz CT molecular complexity index is 543. The molecule has 0 saturated heterocycles. The Morgan fingerprint density at radius 3 is 2.56 bits per heavy atom. The molecule has 0 fully saturated rings. The van der Waals surface area contributed by atoms with Gasteiger partial charge in [-0.05, 0) is 39.8 Å². The molecule has 0 atom stereocenters. The second-order valence-electron chi connectivity index (χ2n) is 5.18. The third-order valence-corrected chi connectivity index (χ3v) is 3.24.